The number of nitrogens with two attached hydrogens (primary N) is 1. The Morgan fingerprint density at radius 3 is 2.73 bits per heavy atom. The lowest BCUT2D eigenvalue weighted by molar-refractivity contribution is -0.384. The molecular formula is C13H6N4O5. The number of nitrogen functional groups attached to an aromatic ring is 1. The van der Waals surface area contributed by atoms with Gasteiger partial charge in [-0.2, -0.15) is 5.26 Å². The van der Waals surface area contributed by atoms with Crippen LogP contribution in [-0.2, 0) is 0 Å². The summed E-state index contributed by atoms with van der Waals surface area (Å²) in [5.41, 5.74) is 3.09. The van der Waals surface area contributed by atoms with E-state index in [0.29, 0.717) is 0 Å². The number of non-ortho nitro benzene ring substituents is 1. The summed E-state index contributed by atoms with van der Waals surface area (Å²) in [5, 5.41) is 19.4. The summed E-state index contributed by atoms with van der Waals surface area (Å²) in [6.45, 7) is 0. The van der Waals surface area contributed by atoms with Crippen LogP contribution in [0.5, 0.6) is 0 Å². The Hall–Kier alpha value is -3.67. The van der Waals surface area contributed by atoms with Gasteiger partial charge < -0.3 is 10.2 Å². The molecule has 0 unspecified atom stereocenters. The molecule has 0 aliphatic carbocycles. The molecule has 0 atom stereocenters. The summed E-state index contributed by atoms with van der Waals surface area (Å²) in [6, 6.07) is 5.08. The lowest BCUT2D eigenvalue weighted by Crippen LogP contribution is -2.17. The van der Waals surface area contributed by atoms with Gasteiger partial charge in [-0.05, 0) is 6.07 Å². The molecule has 3 aromatic rings. The van der Waals surface area contributed by atoms with E-state index < -0.39 is 21.5 Å². The predicted octanol–water partition coefficient (Wildman–Crippen LogP) is 0.997. The highest BCUT2D eigenvalue weighted by Crippen LogP contribution is 2.24. The minimum Gasteiger partial charge on any atom is -0.439 e. The Morgan fingerprint density at radius 1 is 1.36 bits per heavy atom. The molecule has 108 valence electrons. The molecule has 3 N–H and O–H groups in total. The van der Waals surface area contributed by atoms with Gasteiger partial charge in [0.25, 0.3) is 11.2 Å². The van der Waals surface area contributed by atoms with Crippen LogP contribution in [0.4, 0.5) is 11.4 Å². The van der Waals surface area contributed by atoms with E-state index in [-0.39, 0.29) is 33.4 Å². The number of fused-ring (bicyclic) bond motifs is 2. The van der Waals surface area contributed by atoms with Crippen molar-refractivity contribution in [3.63, 3.8) is 0 Å². The van der Waals surface area contributed by atoms with Gasteiger partial charge in [-0.15, -0.1) is 0 Å². The lowest BCUT2D eigenvalue weighted by Gasteiger charge is -2.04. The summed E-state index contributed by atoms with van der Waals surface area (Å²) >= 11 is 0. The van der Waals surface area contributed by atoms with E-state index >= 15 is 0 Å². The molecule has 0 amide bonds. The number of nitrogens with one attached hydrogen (secondary N) is 1. The van der Waals surface area contributed by atoms with Crippen molar-refractivity contribution in [2.75, 3.05) is 5.73 Å². The molecule has 0 radical (unpaired) electrons. The molecule has 0 fully saturated rings. The summed E-state index contributed by atoms with van der Waals surface area (Å²) in [5.74, 6) is 0. The van der Waals surface area contributed by atoms with E-state index in [0.717, 1.165) is 6.07 Å². The number of anilines is 1. The normalized spacial score (nSPS) is 10.7. The second kappa shape index (κ2) is 4.42. The van der Waals surface area contributed by atoms with Crippen LogP contribution in [0, 0.1) is 21.4 Å². The fraction of sp³-hybridized carbons (Fsp3) is 0. The first kappa shape index (κ1) is 13.3. The quantitative estimate of drug-likeness (QED) is 0.385. The van der Waals surface area contributed by atoms with Crippen molar-refractivity contribution in [1.82, 2.24) is 4.98 Å². The van der Waals surface area contributed by atoms with Crippen LogP contribution in [0.25, 0.3) is 22.1 Å². The molecule has 9 nitrogen and oxygen atoms in total. The molecule has 0 spiro atoms. The van der Waals surface area contributed by atoms with E-state index in [4.69, 9.17) is 15.4 Å². The van der Waals surface area contributed by atoms with Crippen LogP contribution in [-0.4, -0.2) is 9.91 Å². The fourth-order valence-corrected chi connectivity index (χ4v) is 2.15. The van der Waals surface area contributed by atoms with Crippen molar-refractivity contribution in [1.29, 1.82) is 5.26 Å². The van der Waals surface area contributed by atoms with Gasteiger partial charge in [-0.1, -0.05) is 0 Å². The number of nitro groups is 1. The fourth-order valence-electron chi connectivity index (χ4n) is 2.15. The molecule has 9 heteroatoms. The summed E-state index contributed by atoms with van der Waals surface area (Å²) < 4.78 is 5.36. The van der Waals surface area contributed by atoms with Crippen molar-refractivity contribution < 1.29 is 9.34 Å². The van der Waals surface area contributed by atoms with Gasteiger partial charge in [0, 0.05) is 12.1 Å². The Bertz CT molecular complexity index is 1120. The van der Waals surface area contributed by atoms with Crippen molar-refractivity contribution in [2.24, 2.45) is 0 Å². The third kappa shape index (κ3) is 1.71. The Morgan fingerprint density at radius 2 is 2.09 bits per heavy atom. The number of hydrogen-bond acceptors (Lipinski definition) is 7. The van der Waals surface area contributed by atoms with Crippen LogP contribution in [0.15, 0.2) is 32.2 Å². The maximum Gasteiger partial charge on any atom is 0.270 e. The maximum atomic E-state index is 12.5. The molecule has 0 saturated heterocycles. The van der Waals surface area contributed by atoms with Gasteiger partial charge in [0.2, 0.25) is 11.1 Å². The second-order valence-corrected chi connectivity index (χ2v) is 4.43. The highest BCUT2D eigenvalue weighted by Gasteiger charge is 2.18. The van der Waals surface area contributed by atoms with Gasteiger partial charge in [-0.3, -0.25) is 24.7 Å². The van der Waals surface area contributed by atoms with E-state index in [1.807, 2.05) is 0 Å². The average molecular weight is 298 g/mol. The number of rotatable bonds is 1. The zero-order valence-electron chi connectivity index (χ0n) is 10.7. The number of aromatic nitrogens is 1. The summed E-state index contributed by atoms with van der Waals surface area (Å²) in [6.07, 6.45) is 0. The zero-order chi connectivity index (χ0) is 16.0. The van der Waals surface area contributed by atoms with Gasteiger partial charge in [-0.25, -0.2) is 0 Å². The largest absolute Gasteiger partial charge is 0.439 e. The van der Waals surface area contributed by atoms with Crippen LogP contribution in [0.1, 0.15) is 5.56 Å². The third-order valence-electron chi connectivity index (χ3n) is 3.19. The number of hydrogen-bond donors (Lipinski definition) is 2. The minimum atomic E-state index is -0.781. The van der Waals surface area contributed by atoms with Gasteiger partial charge in [0.15, 0.2) is 0 Å². The highest BCUT2D eigenvalue weighted by atomic mass is 16.6. The molecule has 2 aromatic heterocycles. The Kier molecular flexibility index (Phi) is 2.68. The van der Waals surface area contributed by atoms with Gasteiger partial charge >= 0.3 is 0 Å². The van der Waals surface area contributed by atoms with E-state index in [1.165, 1.54) is 12.1 Å². The average Bonchev–Trinajstić information content (AvgIpc) is 2.46. The van der Waals surface area contributed by atoms with Gasteiger partial charge in [0.1, 0.15) is 22.6 Å². The van der Waals surface area contributed by atoms with Crippen molar-refractivity contribution in [3.05, 3.63) is 54.5 Å². The maximum absolute atomic E-state index is 12.5. The topological polar surface area (TPSA) is 156 Å². The second-order valence-electron chi connectivity index (χ2n) is 4.43. The number of aromatic amines is 1. The number of H-pyrrole nitrogens is 1. The summed E-state index contributed by atoms with van der Waals surface area (Å²) in [7, 11) is 0. The smallest absolute Gasteiger partial charge is 0.270 e. The Labute approximate surface area is 120 Å². The first-order chi connectivity index (χ1) is 10.4. The third-order valence-corrected chi connectivity index (χ3v) is 3.19. The van der Waals surface area contributed by atoms with Crippen LogP contribution in [0.3, 0.4) is 0 Å². The number of nitro benzene ring substituents is 1. The van der Waals surface area contributed by atoms with Crippen molar-refractivity contribution >= 4 is 33.4 Å². The first-order valence-corrected chi connectivity index (χ1v) is 5.91. The van der Waals surface area contributed by atoms with Crippen molar-refractivity contribution in [3.8, 4) is 6.07 Å². The SMILES string of the molecule is N#Cc1c(N)c2c(=O)c3cc([N+](=O)[O-])ccc3oc2[nH]c1=O. The van der Waals surface area contributed by atoms with Crippen molar-refractivity contribution in [2.45, 2.75) is 0 Å². The van der Waals surface area contributed by atoms with E-state index in [2.05, 4.69) is 4.98 Å². The zero-order valence-corrected chi connectivity index (χ0v) is 10.7. The molecule has 3 rings (SSSR count). The van der Waals surface area contributed by atoms with Crippen LogP contribution < -0.4 is 16.7 Å². The summed E-state index contributed by atoms with van der Waals surface area (Å²) in [4.78, 5) is 36.5. The highest BCUT2D eigenvalue weighted by molar-refractivity contribution is 5.96. The van der Waals surface area contributed by atoms with Crippen LogP contribution >= 0.6 is 0 Å². The standard InChI is InChI=1S/C13H6N4O5/c14-4-7-10(15)9-11(18)6-3-5(17(20)21)1-2-8(6)22-13(9)16-12(7)19/h1-3H,(H3,15,16,19). The number of benzene rings is 1. The van der Waals surface area contributed by atoms with Crippen LogP contribution in [0.2, 0.25) is 0 Å². The lowest BCUT2D eigenvalue weighted by atomic mass is 10.1. The Balaban J connectivity index is 2.57. The molecule has 2 heterocycles. The minimum absolute atomic E-state index is 0.0582. The van der Waals surface area contributed by atoms with E-state index in [9.17, 15) is 19.7 Å². The molecule has 1 aromatic carbocycles. The molecule has 0 aliphatic heterocycles. The number of nitriles is 1. The number of nitrogens with zero attached hydrogens (tertiary/aromatic N) is 2. The molecule has 0 saturated carbocycles. The number of pyridine rings is 1. The molecule has 0 bridgehead atoms. The predicted molar refractivity (Wildman–Crippen MR) is 76.4 cm³/mol. The monoisotopic (exact) mass is 298 g/mol. The molecule has 22 heavy (non-hydrogen) atoms. The molecule has 0 aliphatic rings. The molecular weight excluding hydrogens is 292 g/mol. The van der Waals surface area contributed by atoms with E-state index in [1.54, 1.807) is 6.07 Å². The first-order valence-electron chi connectivity index (χ1n) is 5.91. The van der Waals surface area contributed by atoms with Gasteiger partial charge in [0.05, 0.1) is 16.0 Å².